The van der Waals surface area contributed by atoms with E-state index in [2.05, 4.69) is 10.6 Å². The molecule has 0 unspecified atom stereocenters. The van der Waals surface area contributed by atoms with E-state index in [-0.39, 0.29) is 11.8 Å². The molecule has 4 nitrogen and oxygen atoms in total. The minimum atomic E-state index is -0.0449. The summed E-state index contributed by atoms with van der Waals surface area (Å²) in [5, 5.41) is 1.18. The van der Waals surface area contributed by atoms with E-state index in [1.807, 2.05) is 30.5 Å². The third kappa shape index (κ3) is 1.79. The van der Waals surface area contributed by atoms with Crippen LogP contribution >= 0.6 is 0 Å². The number of rotatable bonds is 3. The van der Waals surface area contributed by atoms with Crippen molar-refractivity contribution in [3.63, 3.8) is 0 Å². The lowest BCUT2D eigenvalue weighted by atomic mass is 10.2. The summed E-state index contributed by atoms with van der Waals surface area (Å²) in [4.78, 5) is 24.4. The van der Waals surface area contributed by atoms with Gasteiger partial charge in [0.1, 0.15) is 0 Å². The Morgan fingerprint density at radius 1 is 0.944 bits per heavy atom. The van der Waals surface area contributed by atoms with Crippen molar-refractivity contribution in [3.05, 3.63) is 36.5 Å². The molecule has 0 atom stereocenters. The number of hydrogen-bond acceptors (Lipinski definition) is 2. The highest BCUT2D eigenvalue weighted by atomic mass is 16.2. The summed E-state index contributed by atoms with van der Waals surface area (Å²) in [6.07, 6.45) is 2.73. The van der Waals surface area contributed by atoms with Gasteiger partial charge in [0, 0.05) is 37.6 Å². The molecule has 1 aliphatic rings. The van der Waals surface area contributed by atoms with Crippen LogP contribution in [0.3, 0.4) is 0 Å². The number of fused-ring (bicyclic) bond motifs is 1. The van der Waals surface area contributed by atoms with Crippen LogP contribution in [0, 0.1) is 0 Å². The number of imide groups is 1. The van der Waals surface area contributed by atoms with Crippen LogP contribution in [-0.2, 0) is 16.1 Å². The van der Waals surface area contributed by atoms with Gasteiger partial charge in [0.2, 0.25) is 11.8 Å². The van der Waals surface area contributed by atoms with Gasteiger partial charge in [-0.1, -0.05) is 18.2 Å². The Morgan fingerprint density at radius 3 is 2.44 bits per heavy atom. The minimum absolute atomic E-state index is 0.0449. The number of aromatic nitrogens is 1. The van der Waals surface area contributed by atoms with Crippen molar-refractivity contribution < 1.29 is 9.59 Å². The highest BCUT2D eigenvalue weighted by molar-refractivity contribution is 6.01. The molecule has 2 amide bonds. The summed E-state index contributed by atoms with van der Waals surface area (Å²) in [6, 6.07) is 10.1. The van der Waals surface area contributed by atoms with E-state index in [0.717, 1.165) is 5.52 Å². The van der Waals surface area contributed by atoms with E-state index in [4.69, 9.17) is 0 Å². The Kier molecular flexibility index (Phi) is 2.63. The van der Waals surface area contributed by atoms with Crippen LogP contribution in [0.2, 0.25) is 0 Å². The van der Waals surface area contributed by atoms with Gasteiger partial charge in [-0.3, -0.25) is 14.5 Å². The zero-order valence-electron chi connectivity index (χ0n) is 10.0. The van der Waals surface area contributed by atoms with Gasteiger partial charge in [-0.15, -0.1) is 0 Å². The fourth-order valence-corrected chi connectivity index (χ4v) is 2.42. The van der Waals surface area contributed by atoms with Gasteiger partial charge in [0.05, 0.1) is 0 Å². The second kappa shape index (κ2) is 4.29. The fourth-order valence-electron chi connectivity index (χ4n) is 2.42. The van der Waals surface area contributed by atoms with Crippen molar-refractivity contribution in [1.29, 1.82) is 0 Å². The van der Waals surface area contributed by atoms with Gasteiger partial charge >= 0.3 is 0 Å². The molecule has 1 aliphatic heterocycles. The smallest absolute Gasteiger partial charge is 0.229 e. The van der Waals surface area contributed by atoms with Crippen LogP contribution in [0.4, 0.5) is 0 Å². The highest BCUT2D eigenvalue weighted by Crippen LogP contribution is 2.16. The molecule has 18 heavy (non-hydrogen) atoms. The monoisotopic (exact) mass is 242 g/mol. The molecule has 0 aliphatic carbocycles. The van der Waals surface area contributed by atoms with Crippen LogP contribution in [0.15, 0.2) is 36.5 Å². The van der Waals surface area contributed by atoms with Crippen LogP contribution in [0.5, 0.6) is 0 Å². The Hall–Kier alpha value is -2.10. The van der Waals surface area contributed by atoms with E-state index in [0.29, 0.717) is 25.9 Å². The number of benzene rings is 1. The predicted molar refractivity (Wildman–Crippen MR) is 67.9 cm³/mol. The van der Waals surface area contributed by atoms with Crippen molar-refractivity contribution in [2.75, 3.05) is 6.54 Å². The molecular formula is C14H14N2O2. The first-order valence-electron chi connectivity index (χ1n) is 6.13. The van der Waals surface area contributed by atoms with E-state index < -0.39 is 0 Å². The average Bonchev–Trinajstić information content (AvgIpc) is 2.93. The Labute approximate surface area is 105 Å². The van der Waals surface area contributed by atoms with E-state index >= 15 is 0 Å². The lowest BCUT2D eigenvalue weighted by molar-refractivity contribution is -0.138. The normalized spacial score (nSPS) is 15.9. The van der Waals surface area contributed by atoms with Gasteiger partial charge in [-0.25, -0.2) is 0 Å². The first-order valence-corrected chi connectivity index (χ1v) is 6.13. The fraction of sp³-hybridized carbons (Fsp3) is 0.286. The molecular weight excluding hydrogens is 228 g/mol. The zero-order chi connectivity index (χ0) is 12.5. The Bertz CT molecular complexity index is 599. The number of likely N-dealkylation sites (tertiary alicyclic amines) is 1. The summed E-state index contributed by atoms with van der Waals surface area (Å²) in [7, 11) is 0. The second-order valence-corrected chi connectivity index (χ2v) is 4.51. The summed E-state index contributed by atoms with van der Waals surface area (Å²) in [6.45, 7) is 1.13. The molecule has 1 aromatic carbocycles. The lowest BCUT2D eigenvalue weighted by Gasteiger charge is -2.14. The first-order chi connectivity index (χ1) is 8.75. The topological polar surface area (TPSA) is 42.3 Å². The summed E-state index contributed by atoms with van der Waals surface area (Å²) < 4.78 is 2.08. The van der Waals surface area contributed by atoms with Crippen LogP contribution in [0.25, 0.3) is 10.9 Å². The van der Waals surface area contributed by atoms with E-state index in [9.17, 15) is 9.59 Å². The van der Waals surface area contributed by atoms with Gasteiger partial charge in [0.25, 0.3) is 0 Å². The number of para-hydroxylation sites is 1. The molecule has 1 fully saturated rings. The number of carbonyl (C=O) groups excluding carboxylic acids is 2. The standard InChI is InChI=1S/C14H14N2O2/c17-13-5-6-14(18)16(13)10-9-15-8-7-11-3-1-2-4-12(11)15/h1-4,7-8H,5-6,9-10H2. The maximum atomic E-state index is 11.5. The minimum Gasteiger partial charge on any atom is -0.346 e. The zero-order valence-corrected chi connectivity index (χ0v) is 10.0. The number of nitrogens with zero attached hydrogens (tertiary/aromatic N) is 2. The van der Waals surface area contributed by atoms with Crippen LogP contribution in [-0.4, -0.2) is 27.8 Å². The number of carbonyl (C=O) groups is 2. The van der Waals surface area contributed by atoms with Crippen molar-refractivity contribution in [1.82, 2.24) is 9.47 Å². The van der Waals surface area contributed by atoms with Crippen molar-refractivity contribution in [3.8, 4) is 0 Å². The molecule has 2 aromatic rings. The molecule has 0 N–H and O–H groups in total. The molecule has 0 radical (unpaired) electrons. The lowest BCUT2D eigenvalue weighted by Crippen LogP contribution is -2.32. The molecule has 0 bridgehead atoms. The van der Waals surface area contributed by atoms with Crippen LogP contribution < -0.4 is 0 Å². The highest BCUT2D eigenvalue weighted by Gasteiger charge is 2.28. The molecule has 0 saturated carbocycles. The molecule has 4 heteroatoms. The largest absolute Gasteiger partial charge is 0.346 e. The Morgan fingerprint density at radius 2 is 1.67 bits per heavy atom. The van der Waals surface area contributed by atoms with Gasteiger partial charge in [-0.05, 0) is 17.5 Å². The van der Waals surface area contributed by atoms with Crippen molar-refractivity contribution >= 4 is 22.7 Å². The van der Waals surface area contributed by atoms with Gasteiger partial charge in [-0.2, -0.15) is 0 Å². The molecule has 1 saturated heterocycles. The van der Waals surface area contributed by atoms with E-state index in [1.165, 1.54) is 10.3 Å². The summed E-state index contributed by atoms with van der Waals surface area (Å²) in [5.41, 5.74) is 1.14. The molecule has 2 heterocycles. The summed E-state index contributed by atoms with van der Waals surface area (Å²) >= 11 is 0. The second-order valence-electron chi connectivity index (χ2n) is 4.51. The van der Waals surface area contributed by atoms with Gasteiger partial charge in [0.15, 0.2) is 0 Å². The maximum absolute atomic E-state index is 11.5. The van der Waals surface area contributed by atoms with Crippen molar-refractivity contribution in [2.24, 2.45) is 0 Å². The third-order valence-corrected chi connectivity index (χ3v) is 3.40. The predicted octanol–water partition coefficient (Wildman–Crippen LogP) is 1.79. The van der Waals surface area contributed by atoms with Crippen LogP contribution in [0.1, 0.15) is 12.8 Å². The number of amides is 2. The first kappa shape index (κ1) is 11.0. The molecule has 3 rings (SSSR count). The van der Waals surface area contributed by atoms with Gasteiger partial charge < -0.3 is 4.57 Å². The third-order valence-electron chi connectivity index (χ3n) is 3.40. The molecule has 0 spiro atoms. The van der Waals surface area contributed by atoms with E-state index in [1.54, 1.807) is 0 Å². The number of hydrogen-bond donors (Lipinski definition) is 0. The maximum Gasteiger partial charge on any atom is 0.229 e. The average molecular weight is 242 g/mol. The van der Waals surface area contributed by atoms with Crippen molar-refractivity contribution in [2.45, 2.75) is 19.4 Å². The molecule has 92 valence electrons. The SMILES string of the molecule is O=C1CCC(=O)N1CCn1ccc2ccccc21. The summed E-state index contributed by atoms with van der Waals surface area (Å²) in [5.74, 6) is -0.0899. The quantitative estimate of drug-likeness (QED) is 0.770. The molecule has 1 aromatic heterocycles. The Balaban J connectivity index is 1.77.